The molecule has 196 valence electrons. The molecule has 0 saturated heterocycles. The normalized spacial score (nSPS) is 15.3. The molecule has 0 spiro atoms. The van der Waals surface area contributed by atoms with E-state index in [-0.39, 0.29) is 11.3 Å². The minimum Gasteiger partial charge on any atom is -0.465 e. The van der Waals surface area contributed by atoms with Gasteiger partial charge in [-0.2, -0.15) is 0 Å². The van der Waals surface area contributed by atoms with Crippen LogP contribution in [0.25, 0.3) is 22.2 Å². The lowest BCUT2D eigenvalue weighted by atomic mass is 9.72. The van der Waals surface area contributed by atoms with Crippen LogP contribution >= 0.6 is 22.9 Å². The highest BCUT2D eigenvalue weighted by atomic mass is 35.5. The molecule has 2 aromatic carbocycles. The van der Waals surface area contributed by atoms with E-state index in [1.165, 1.54) is 18.4 Å². The first-order valence-corrected chi connectivity index (χ1v) is 14.0. The Morgan fingerprint density at radius 3 is 2.58 bits per heavy atom. The van der Waals surface area contributed by atoms with Gasteiger partial charge in [-0.3, -0.25) is 4.79 Å². The predicted octanol–water partition coefficient (Wildman–Crippen LogP) is 8.12. The van der Waals surface area contributed by atoms with E-state index in [0.717, 1.165) is 46.2 Å². The van der Waals surface area contributed by atoms with E-state index in [2.05, 4.69) is 26.1 Å². The van der Waals surface area contributed by atoms with Crippen LogP contribution in [0, 0.1) is 18.3 Å². The molecule has 38 heavy (non-hydrogen) atoms. The summed E-state index contributed by atoms with van der Waals surface area (Å²) >= 11 is 7.77. The van der Waals surface area contributed by atoms with Crippen molar-refractivity contribution in [1.82, 2.24) is 4.98 Å². The first-order chi connectivity index (χ1) is 18.1. The number of rotatable bonds is 4. The third-order valence-electron chi connectivity index (χ3n) is 7.57. The van der Waals surface area contributed by atoms with Gasteiger partial charge in [0.25, 0.3) is 5.91 Å². The fraction of sp³-hybridized carbons (Fsp3) is 0.323. The maximum Gasteiger partial charge on any atom is 0.341 e. The molecule has 0 saturated carbocycles. The highest BCUT2D eigenvalue weighted by molar-refractivity contribution is 7.17. The first kappa shape index (κ1) is 26.4. The number of carbonyl (C=O) groups is 2. The minimum absolute atomic E-state index is 0.167. The van der Waals surface area contributed by atoms with Gasteiger partial charge in [0, 0.05) is 20.8 Å². The standard InChI is InChI=1S/C31H31ClN2O3S/c1-17-25(21-11-6-7-12-23(21)33-27(17)18-9-8-10-20(32)15-18)28(35)34-29-26(30(36)37-5)22-14-13-19(31(2,3)4)16-24(22)38-29/h6-12,15,19H,13-14,16H2,1-5H3,(H,34,35). The van der Waals surface area contributed by atoms with Crippen molar-refractivity contribution in [2.24, 2.45) is 11.3 Å². The summed E-state index contributed by atoms with van der Waals surface area (Å²) in [4.78, 5) is 32.9. The molecule has 1 amide bonds. The molecule has 2 heterocycles. The van der Waals surface area contributed by atoms with Crippen LogP contribution in [0.2, 0.25) is 5.02 Å². The number of thiophene rings is 1. The zero-order chi connectivity index (χ0) is 27.2. The van der Waals surface area contributed by atoms with Gasteiger partial charge in [0.15, 0.2) is 0 Å². The average Bonchev–Trinajstić information content (AvgIpc) is 3.24. The molecule has 1 unspecified atom stereocenters. The highest BCUT2D eigenvalue weighted by Gasteiger charge is 2.34. The number of benzene rings is 2. The Hall–Kier alpha value is -3.22. The fourth-order valence-corrected chi connectivity index (χ4v) is 6.91. The van der Waals surface area contributed by atoms with Crippen molar-refractivity contribution >= 4 is 50.7 Å². The van der Waals surface area contributed by atoms with Gasteiger partial charge in [-0.1, -0.05) is 62.7 Å². The molecule has 5 rings (SSSR count). The molecule has 0 fully saturated rings. The third-order valence-corrected chi connectivity index (χ3v) is 8.97. The van der Waals surface area contributed by atoms with Crippen molar-refractivity contribution in [1.29, 1.82) is 0 Å². The van der Waals surface area contributed by atoms with Crippen LogP contribution in [0.4, 0.5) is 5.00 Å². The Morgan fingerprint density at radius 2 is 1.87 bits per heavy atom. The quantitative estimate of drug-likeness (QED) is 0.262. The van der Waals surface area contributed by atoms with Gasteiger partial charge in [-0.15, -0.1) is 11.3 Å². The van der Waals surface area contributed by atoms with Crippen LogP contribution in [0.3, 0.4) is 0 Å². The van der Waals surface area contributed by atoms with Crippen LogP contribution in [-0.4, -0.2) is 24.0 Å². The molecule has 7 heteroatoms. The van der Waals surface area contributed by atoms with Crippen LogP contribution in [0.15, 0.2) is 48.5 Å². The Balaban J connectivity index is 1.60. The lowest BCUT2D eigenvalue weighted by molar-refractivity contribution is 0.0600. The van der Waals surface area contributed by atoms with Gasteiger partial charge in [-0.05, 0) is 66.8 Å². The van der Waals surface area contributed by atoms with E-state index >= 15 is 0 Å². The van der Waals surface area contributed by atoms with Gasteiger partial charge in [-0.25, -0.2) is 9.78 Å². The molecular weight excluding hydrogens is 516 g/mol. The van der Waals surface area contributed by atoms with E-state index in [1.807, 2.05) is 55.5 Å². The monoisotopic (exact) mass is 546 g/mol. The topological polar surface area (TPSA) is 68.3 Å². The number of para-hydroxylation sites is 1. The number of hydrogen-bond acceptors (Lipinski definition) is 5. The second-order valence-electron chi connectivity index (χ2n) is 10.9. The van der Waals surface area contributed by atoms with E-state index < -0.39 is 5.97 Å². The maximum absolute atomic E-state index is 14.0. The van der Waals surface area contributed by atoms with Gasteiger partial charge in [0.2, 0.25) is 0 Å². The Bertz CT molecular complexity index is 1570. The number of amides is 1. The summed E-state index contributed by atoms with van der Waals surface area (Å²) in [5.41, 5.74) is 5.18. The van der Waals surface area contributed by atoms with E-state index in [4.69, 9.17) is 21.3 Å². The van der Waals surface area contributed by atoms with E-state index in [1.54, 1.807) is 0 Å². The van der Waals surface area contributed by atoms with Gasteiger partial charge in [0.05, 0.1) is 29.4 Å². The van der Waals surface area contributed by atoms with Crippen molar-refractivity contribution in [2.75, 3.05) is 12.4 Å². The number of ether oxygens (including phenoxy) is 1. The number of carbonyl (C=O) groups excluding carboxylic acids is 2. The molecule has 1 aliphatic carbocycles. The van der Waals surface area contributed by atoms with E-state index in [0.29, 0.717) is 38.3 Å². The molecule has 1 atom stereocenters. The van der Waals surface area contributed by atoms with Gasteiger partial charge < -0.3 is 10.1 Å². The summed E-state index contributed by atoms with van der Waals surface area (Å²) in [6, 6.07) is 15.1. The molecule has 0 radical (unpaired) electrons. The summed E-state index contributed by atoms with van der Waals surface area (Å²) in [5.74, 6) is -0.183. The van der Waals surface area contributed by atoms with Crippen molar-refractivity contribution in [2.45, 2.75) is 47.0 Å². The molecule has 1 aliphatic rings. The number of hydrogen-bond donors (Lipinski definition) is 1. The fourth-order valence-electron chi connectivity index (χ4n) is 5.41. The number of nitrogens with one attached hydrogen (secondary N) is 1. The van der Waals surface area contributed by atoms with Crippen molar-refractivity contribution in [3.8, 4) is 11.3 Å². The molecule has 5 nitrogen and oxygen atoms in total. The highest BCUT2D eigenvalue weighted by Crippen LogP contribution is 2.45. The lowest BCUT2D eigenvalue weighted by Gasteiger charge is -2.33. The number of esters is 1. The van der Waals surface area contributed by atoms with Crippen LogP contribution < -0.4 is 5.32 Å². The molecule has 2 aromatic heterocycles. The number of fused-ring (bicyclic) bond motifs is 2. The Kier molecular flexibility index (Phi) is 7.05. The molecule has 4 aromatic rings. The second-order valence-corrected chi connectivity index (χ2v) is 12.5. The molecule has 0 aliphatic heterocycles. The zero-order valence-electron chi connectivity index (χ0n) is 22.3. The number of methoxy groups -OCH3 is 1. The van der Waals surface area contributed by atoms with Crippen LogP contribution in [0.5, 0.6) is 0 Å². The predicted molar refractivity (Wildman–Crippen MR) is 156 cm³/mol. The smallest absolute Gasteiger partial charge is 0.341 e. The Labute approximate surface area is 232 Å². The van der Waals surface area contributed by atoms with Crippen molar-refractivity contribution in [3.05, 3.63) is 80.7 Å². The van der Waals surface area contributed by atoms with E-state index in [9.17, 15) is 9.59 Å². The SMILES string of the molecule is COC(=O)c1c(NC(=O)c2c(C)c(-c3cccc(Cl)c3)nc3ccccc23)sc2c1CCC(C(C)(C)C)C2. The second kappa shape index (κ2) is 10.2. The number of anilines is 1. The summed E-state index contributed by atoms with van der Waals surface area (Å²) in [5, 5.41) is 5.00. The summed E-state index contributed by atoms with van der Waals surface area (Å²) in [6.07, 6.45) is 2.69. The zero-order valence-corrected chi connectivity index (χ0v) is 23.8. The first-order valence-electron chi connectivity index (χ1n) is 12.8. The average molecular weight is 547 g/mol. The van der Waals surface area contributed by atoms with Crippen LogP contribution in [-0.2, 0) is 17.6 Å². The van der Waals surface area contributed by atoms with Gasteiger partial charge in [0.1, 0.15) is 5.00 Å². The third kappa shape index (κ3) is 4.83. The number of pyridine rings is 1. The molecule has 1 N–H and O–H groups in total. The number of halogens is 1. The summed E-state index contributed by atoms with van der Waals surface area (Å²) in [6.45, 7) is 8.68. The maximum atomic E-state index is 14.0. The molecular formula is C31H31ClN2O3S. The molecule has 0 bridgehead atoms. The van der Waals surface area contributed by atoms with Gasteiger partial charge >= 0.3 is 5.97 Å². The number of aromatic nitrogens is 1. The Morgan fingerprint density at radius 1 is 1.11 bits per heavy atom. The van der Waals surface area contributed by atoms with Crippen molar-refractivity contribution in [3.63, 3.8) is 0 Å². The van der Waals surface area contributed by atoms with Crippen molar-refractivity contribution < 1.29 is 14.3 Å². The number of nitrogens with zero attached hydrogens (tertiary/aromatic N) is 1. The summed E-state index contributed by atoms with van der Waals surface area (Å²) in [7, 11) is 1.39. The van der Waals surface area contributed by atoms with Crippen LogP contribution in [0.1, 0.15) is 63.9 Å². The summed E-state index contributed by atoms with van der Waals surface area (Å²) < 4.78 is 5.16. The lowest BCUT2D eigenvalue weighted by Crippen LogP contribution is -2.26. The minimum atomic E-state index is -0.414. The largest absolute Gasteiger partial charge is 0.465 e.